The number of anilines is 1. The van der Waals surface area contributed by atoms with E-state index in [1.807, 2.05) is 24.3 Å². The lowest BCUT2D eigenvalue weighted by Crippen LogP contribution is -2.17. The number of para-hydroxylation sites is 2. The van der Waals surface area contributed by atoms with Gasteiger partial charge < -0.3 is 0 Å². The predicted octanol–water partition coefficient (Wildman–Crippen LogP) is 4.85. The number of H-pyrrole nitrogens is 1. The maximum atomic E-state index is 13.6. The fourth-order valence-corrected chi connectivity index (χ4v) is 4.69. The average molecular weight is 460 g/mol. The molecule has 12 heteroatoms. The molecule has 0 saturated heterocycles. The van der Waals surface area contributed by atoms with Gasteiger partial charge in [-0.1, -0.05) is 46.9 Å². The Bertz CT molecular complexity index is 1430. The summed E-state index contributed by atoms with van der Waals surface area (Å²) in [7, 11) is 0. The first kappa shape index (κ1) is 19.5. The van der Waals surface area contributed by atoms with Crippen molar-refractivity contribution < 1.29 is 13.2 Å². The smallest absolute Gasteiger partial charge is 0.284 e. The third-order valence-electron chi connectivity index (χ3n) is 4.33. The highest BCUT2D eigenvalue weighted by Crippen LogP contribution is 2.30. The molecule has 2 N–H and O–H groups in total. The van der Waals surface area contributed by atoms with E-state index in [4.69, 9.17) is 0 Å². The fraction of sp³-hybridized carbons (Fsp3) is 0.0526. The number of aromatic nitrogens is 4. The van der Waals surface area contributed by atoms with Gasteiger partial charge in [-0.05, 0) is 24.3 Å². The zero-order chi connectivity index (χ0) is 21.6. The SMILES string of the molecule is O=c1c(/C=N\Nc2nc3ccccc3s2)c(C(F)(F)F)[nH]n1-c1nc2ccccc2s1. The van der Waals surface area contributed by atoms with Gasteiger partial charge in [-0.2, -0.15) is 23.0 Å². The third-order valence-corrected chi connectivity index (χ3v) is 6.29. The summed E-state index contributed by atoms with van der Waals surface area (Å²) in [6.45, 7) is 0. The molecule has 5 aromatic rings. The van der Waals surface area contributed by atoms with Gasteiger partial charge in [0.2, 0.25) is 10.3 Å². The van der Waals surface area contributed by atoms with Crippen LogP contribution in [0, 0.1) is 0 Å². The fourth-order valence-electron chi connectivity index (χ4n) is 2.95. The topological polar surface area (TPSA) is 88.0 Å². The number of hydrazone groups is 1. The van der Waals surface area contributed by atoms with Gasteiger partial charge in [-0.25, -0.2) is 9.97 Å². The van der Waals surface area contributed by atoms with Gasteiger partial charge in [0.05, 0.1) is 32.2 Å². The molecule has 7 nitrogen and oxygen atoms in total. The van der Waals surface area contributed by atoms with E-state index in [0.29, 0.717) is 10.6 Å². The molecule has 3 heterocycles. The average Bonchev–Trinajstić information content (AvgIpc) is 3.42. The molecule has 31 heavy (non-hydrogen) atoms. The molecule has 0 radical (unpaired) electrons. The minimum atomic E-state index is -4.78. The Morgan fingerprint density at radius 1 is 1.00 bits per heavy atom. The van der Waals surface area contributed by atoms with Crippen molar-refractivity contribution in [3.05, 3.63) is 70.1 Å². The van der Waals surface area contributed by atoms with Crippen LogP contribution in [0.4, 0.5) is 18.3 Å². The van der Waals surface area contributed by atoms with Crippen molar-refractivity contribution in [2.24, 2.45) is 5.10 Å². The molecule has 156 valence electrons. The van der Waals surface area contributed by atoms with E-state index in [1.54, 1.807) is 24.3 Å². The molecule has 3 aromatic heterocycles. The number of nitrogens with zero attached hydrogens (tertiary/aromatic N) is 4. The van der Waals surface area contributed by atoms with Crippen LogP contribution in [0.5, 0.6) is 0 Å². The normalized spacial score (nSPS) is 12.4. The first-order valence-corrected chi connectivity index (χ1v) is 10.5. The highest BCUT2D eigenvalue weighted by molar-refractivity contribution is 7.22. The van der Waals surface area contributed by atoms with Crippen LogP contribution in [0.1, 0.15) is 11.3 Å². The first-order chi connectivity index (χ1) is 14.9. The van der Waals surface area contributed by atoms with E-state index in [0.717, 1.165) is 37.1 Å². The van der Waals surface area contributed by atoms with Gasteiger partial charge in [0.25, 0.3) is 5.56 Å². The van der Waals surface area contributed by atoms with Gasteiger partial charge in [-0.15, -0.1) is 0 Å². The number of benzene rings is 2. The van der Waals surface area contributed by atoms with E-state index in [-0.39, 0.29) is 5.13 Å². The summed E-state index contributed by atoms with van der Waals surface area (Å²) in [5.74, 6) is 0. The number of nitrogens with one attached hydrogen (secondary N) is 2. The van der Waals surface area contributed by atoms with Crippen LogP contribution in [0.2, 0.25) is 0 Å². The Labute approximate surface area is 179 Å². The van der Waals surface area contributed by atoms with Gasteiger partial charge in [0, 0.05) is 0 Å². The molecular formula is C19H11F3N6OS2. The lowest BCUT2D eigenvalue weighted by Gasteiger charge is -2.03. The Balaban J connectivity index is 1.52. The van der Waals surface area contributed by atoms with E-state index in [2.05, 4.69) is 25.6 Å². The van der Waals surface area contributed by atoms with Crippen molar-refractivity contribution in [3.8, 4) is 5.13 Å². The quantitative estimate of drug-likeness (QED) is 0.297. The second-order valence-electron chi connectivity index (χ2n) is 6.36. The van der Waals surface area contributed by atoms with Crippen LogP contribution in [-0.4, -0.2) is 26.0 Å². The molecule has 0 aliphatic rings. The molecule has 0 aliphatic heterocycles. The van der Waals surface area contributed by atoms with Gasteiger partial charge >= 0.3 is 6.18 Å². The minimum absolute atomic E-state index is 0.107. The lowest BCUT2D eigenvalue weighted by molar-refractivity contribution is -0.141. The monoisotopic (exact) mass is 460 g/mol. The molecule has 2 aromatic carbocycles. The van der Waals surface area contributed by atoms with Crippen molar-refractivity contribution >= 4 is 54.5 Å². The van der Waals surface area contributed by atoms with E-state index in [1.165, 1.54) is 11.3 Å². The predicted molar refractivity (Wildman–Crippen MR) is 115 cm³/mol. The Morgan fingerprint density at radius 2 is 1.65 bits per heavy atom. The van der Waals surface area contributed by atoms with Crippen LogP contribution in [0.3, 0.4) is 0 Å². The number of hydrogen-bond acceptors (Lipinski definition) is 7. The molecule has 0 saturated carbocycles. The summed E-state index contributed by atoms with van der Waals surface area (Å²) in [6.07, 6.45) is -3.93. The molecule has 0 aliphatic carbocycles. The van der Waals surface area contributed by atoms with Gasteiger partial charge in [0.15, 0.2) is 5.69 Å². The number of aromatic amines is 1. The van der Waals surface area contributed by atoms with Crippen LogP contribution >= 0.6 is 22.7 Å². The maximum absolute atomic E-state index is 13.6. The van der Waals surface area contributed by atoms with E-state index >= 15 is 0 Å². The standard InChI is InChI=1S/C19H11F3N6OS2/c20-19(21,22)15-10(9-23-26-17-24-11-5-1-3-7-13(11)30-17)16(29)28(27-15)18-25-12-6-2-4-8-14(12)31-18/h1-9,27H,(H,24,26)/b23-9-. The van der Waals surface area contributed by atoms with Crippen LogP contribution < -0.4 is 11.0 Å². The van der Waals surface area contributed by atoms with Crippen molar-refractivity contribution in [2.45, 2.75) is 6.18 Å². The second kappa shape index (κ2) is 7.32. The summed E-state index contributed by atoms with van der Waals surface area (Å²) in [4.78, 5) is 21.3. The first-order valence-electron chi connectivity index (χ1n) is 8.83. The molecule has 0 unspecified atom stereocenters. The summed E-state index contributed by atoms with van der Waals surface area (Å²) < 4.78 is 43.1. The zero-order valence-corrected chi connectivity index (χ0v) is 17.0. The molecule has 0 atom stereocenters. The molecule has 0 spiro atoms. The zero-order valence-electron chi connectivity index (χ0n) is 15.3. The van der Waals surface area contributed by atoms with E-state index < -0.39 is 23.0 Å². The number of thiazole rings is 2. The van der Waals surface area contributed by atoms with Crippen molar-refractivity contribution in [1.29, 1.82) is 0 Å². The lowest BCUT2D eigenvalue weighted by atomic mass is 10.2. The molecule has 0 bridgehead atoms. The van der Waals surface area contributed by atoms with Crippen LogP contribution in [0.15, 0.2) is 58.4 Å². The molecule has 0 amide bonds. The number of halogens is 3. The van der Waals surface area contributed by atoms with Crippen LogP contribution in [-0.2, 0) is 6.18 Å². The maximum Gasteiger partial charge on any atom is 0.433 e. The summed E-state index contributed by atoms with van der Waals surface area (Å²) in [5, 5.41) is 6.45. The van der Waals surface area contributed by atoms with Crippen molar-refractivity contribution in [3.63, 3.8) is 0 Å². The van der Waals surface area contributed by atoms with Crippen molar-refractivity contribution in [1.82, 2.24) is 19.7 Å². The minimum Gasteiger partial charge on any atom is -0.284 e. The summed E-state index contributed by atoms with van der Waals surface area (Å²) in [6, 6.07) is 14.4. The number of fused-ring (bicyclic) bond motifs is 2. The second-order valence-corrected chi connectivity index (χ2v) is 8.40. The third kappa shape index (κ3) is 3.59. The molecule has 0 fully saturated rings. The number of rotatable bonds is 4. The molecular weight excluding hydrogens is 449 g/mol. The largest absolute Gasteiger partial charge is 0.433 e. The Morgan fingerprint density at radius 3 is 2.29 bits per heavy atom. The van der Waals surface area contributed by atoms with Crippen LogP contribution in [0.25, 0.3) is 25.6 Å². The Hall–Kier alpha value is -3.51. The highest BCUT2D eigenvalue weighted by atomic mass is 32.1. The number of hydrogen-bond donors (Lipinski definition) is 2. The van der Waals surface area contributed by atoms with Gasteiger partial charge in [0.1, 0.15) is 0 Å². The van der Waals surface area contributed by atoms with Gasteiger partial charge in [-0.3, -0.25) is 15.3 Å². The Kier molecular flexibility index (Phi) is 4.59. The number of alkyl halides is 3. The summed E-state index contributed by atoms with van der Waals surface area (Å²) in [5.41, 5.74) is 1.19. The van der Waals surface area contributed by atoms with Crippen molar-refractivity contribution in [2.75, 3.05) is 5.43 Å². The summed E-state index contributed by atoms with van der Waals surface area (Å²) >= 11 is 2.40. The van der Waals surface area contributed by atoms with E-state index in [9.17, 15) is 18.0 Å². The highest BCUT2D eigenvalue weighted by Gasteiger charge is 2.38. The molecule has 5 rings (SSSR count).